The van der Waals surface area contributed by atoms with E-state index in [1.54, 1.807) is 6.07 Å². The maximum absolute atomic E-state index is 14.6. The molecule has 0 heterocycles. The van der Waals surface area contributed by atoms with Crippen molar-refractivity contribution in [3.8, 4) is 22.3 Å². The van der Waals surface area contributed by atoms with E-state index in [1.165, 1.54) is 17.2 Å². The van der Waals surface area contributed by atoms with Crippen LogP contribution >= 0.6 is 22.6 Å². The molecule has 0 unspecified atom stereocenters. The number of benzene rings is 3. The highest BCUT2D eigenvalue weighted by Gasteiger charge is 2.12. The Morgan fingerprint density at radius 2 is 1.42 bits per heavy atom. The molecule has 0 N–H and O–H groups in total. The number of halogens is 2. The van der Waals surface area contributed by atoms with Gasteiger partial charge in [-0.15, -0.1) is 0 Å². The van der Waals surface area contributed by atoms with Gasteiger partial charge in [0.25, 0.3) is 0 Å². The van der Waals surface area contributed by atoms with E-state index in [0.29, 0.717) is 5.56 Å². The molecule has 2 heteroatoms. The minimum Gasteiger partial charge on any atom is -0.206 e. The molecule has 3 aromatic carbocycles. The summed E-state index contributed by atoms with van der Waals surface area (Å²) in [4.78, 5) is 0. The van der Waals surface area contributed by atoms with E-state index in [9.17, 15) is 4.39 Å². The van der Waals surface area contributed by atoms with Crippen LogP contribution in [0.15, 0.2) is 66.7 Å². The Labute approximate surface area is 156 Å². The minimum atomic E-state index is -0.172. The van der Waals surface area contributed by atoms with Crippen LogP contribution in [0.3, 0.4) is 0 Å². The van der Waals surface area contributed by atoms with Gasteiger partial charge in [-0.1, -0.05) is 96.6 Å². The smallest absolute Gasteiger partial charge is 0.131 e. The topological polar surface area (TPSA) is 0 Å². The highest BCUT2D eigenvalue weighted by Crippen LogP contribution is 2.34. The molecule has 0 nitrogen and oxygen atoms in total. The van der Waals surface area contributed by atoms with Gasteiger partial charge in [0.1, 0.15) is 5.82 Å². The fraction of sp³-hybridized carbons (Fsp3) is 0.182. The first-order valence-electron chi connectivity index (χ1n) is 8.26. The molecule has 0 bridgehead atoms. The summed E-state index contributed by atoms with van der Waals surface area (Å²) in [5, 5.41) is 0. The summed E-state index contributed by atoms with van der Waals surface area (Å²) < 4.78 is 15.6. The highest BCUT2D eigenvalue weighted by atomic mass is 127. The van der Waals surface area contributed by atoms with Crippen LogP contribution < -0.4 is 0 Å². The average molecular weight is 430 g/mol. The zero-order chi connectivity index (χ0) is 16.9. The second-order valence-corrected chi connectivity index (χ2v) is 6.70. The van der Waals surface area contributed by atoms with Crippen molar-refractivity contribution in [1.29, 1.82) is 0 Å². The maximum atomic E-state index is 14.6. The summed E-state index contributed by atoms with van der Waals surface area (Å²) in [6.45, 7) is 2.17. The Kier molecular flexibility index (Phi) is 5.67. The number of hydrogen-bond donors (Lipinski definition) is 0. The van der Waals surface area contributed by atoms with Crippen LogP contribution in [0.1, 0.15) is 24.5 Å². The van der Waals surface area contributed by atoms with Gasteiger partial charge in [-0.2, -0.15) is 0 Å². The summed E-state index contributed by atoms with van der Waals surface area (Å²) in [6.07, 6.45) is 2.18. The number of alkyl halides is 1. The van der Waals surface area contributed by atoms with E-state index >= 15 is 0 Å². The van der Waals surface area contributed by atoms with Crippen molar-refractivity contribution in [3.05, 3.63) is 83.7 Å². The van der Waals surface area contributed by atoms with Gasteiger partial charge >= 0.3 is 0 Å². The quantitative estimate of drug-likeness (QED) is 0.301. The number of aryl methyl sites for hydroxylation is 1. The lowest BCUT2D eigenvalue weighted by atomic mass is 9.93. The van der Waals surface area contributed by atoms with Crippen LogP contribution in [0.2, 0.25) is 0 Å². The Morgan fingerprint density at radius 1 is 0.792 bits per heavy atom. The van der Waals surface area contributed by atoms with Crippen molar-refractivity contribution < 1.29 is 4.39 Å². The van der Waals surface area contributed by atoms with Crippen molar-refractivity contribution in [2.75, 3.05) is 0 Å². The third kappa shape index (κ3) is 3.69. The van der Waals surface area contributed by atoms with Gasteiger partial charge in [0.15, 0.2) is 0 Å². The van der Waals surface area contributed by atoms with Gasteiger partial charge in [-0.25, -0.2) is 4.39 Å². The zero-order valence-corrected chi connectivity index (χ0v) is 15.9. The molecule has 0 spiro atoms. The van der Waals surface area contributed by atoms with Crippen LogP contribution in [-0.2, 0) is 10.8 Å². The zero-order valence-electron chi connectivity index (χ0n) is 13.7. The second kappa shape index (κ2) is 7.93. The first-order valence-corrected chi connectivity index (χ1v) is 9.78. The molecule has 0 aliphatic carbocycles. The SMILES string of the molecule is CCCc1ccc(-c2c(F)cccc2-c2ccc(CI)cc2)cc1. The van der Waals surface area contributed by atoms with Crippen molar-refractivity contribution in [1.82, 2.24) is 0 Å². The van der Waals surface area contributed by atoms with Crippen molar-refractivity contribution in [2.45, 2.75) is 24.2 Å². The van der Waals surface area contributed by atoms with E-state index in [2.05, 4.69) is 65.9 Å². The second-order valence-electron chi connectivity index (χ2n) is 5.94. The first-order chi connectivity index (χ1) is 11.7. The van der Waals surface area contributed by atoms with Crippen LogP contribution in [0.25, 0.3) is 22.3 Å². The van der Waals surface area contributed by atoms with E-state index in [-0.39, 0.29) is 5.82 Å². The average Bonchev–Trinajstić information content (AvgIpc) is 2.63. The molecule has 0 radical (unpaired) electrons. The van der Waals surface area contributed by atoms with Crippen molar-refractivity contribution in [2.24, 2.45) is 0 Å². The summed E-state index contributed by atoms with van der Waals surface area (Å²) in [5.74, 6) is -0.172. The van der Waals surface area contributed by atoms with E-state index < -0.39 is 0 Å². The predicted octanol–water partition coefficient (Wildman–Crippen LogP) is 7.05. The van der Waals surface area contributed by atoms with Crippen molar-refractivity contribution >= 4 is 22.6 Å². The largest absolute Gasteiger partial charge is 0.206 e. The molecule has 0 atom stereocenters. The Balaban J connectivity index is 2.06. The Bertz CT molecular complexity index is 804. The number of hydrogen-bond acceptors (Lipinski definition) is 0. The summed E-state index contributed by atoms with van der Waals surface area (Å²) in [5.41, 5.74) is 6.18. The lowest BCUT2D eigenvalue weighted by molar-refractivity contribution is 0.632. The van der Waals surface area contributed by atoms with E-state index in [1.807, 2.05) is 18.2 Å². The van der Waals surface area contributed by atoms with Crippen molar-refractivity contribution in [3.63, 3.8) is 0 Å². The molecule has 0 amide bonds. The van der Waals surface area contributed by atoms with Gasteiger partial charge in [-0.05, 0) is 40.3 Å². The maximum Gasteiger partial charge on any atom is 0.131 e. The van der Waals surface area contributed by atoms with Gasteiger partial charge in [0.2, 0.25) is 0 Å². The molecule has 0 aliphatic rings. The molecule has 0 aromatic heterocycles. The fourth-order valence-corrected chi connectivity index (χ4v) is 3.47. The summed E-state index contributed by atoms with van der Waals surface area (Å²) >= 11 is 2.35. The fourth-order valence-electron chi connectivity index (χ4n) is 2.96. The van der Waals surface area contributed by atoms with Crippen LogP contribution in [0.4, 0.5) is 4.39 Å². The third-order valence-electron chi connectivity index (χ3n) is 4.21. The molecule has 122 valence electrons. The van der Waals surface area contributed by atoms with Crippen LogP contribution in [0, 0.1) is 5.82 Å². The first kappa shape index (κ1) is 17.2. The Hall–Kier alpha value is -1.68. The normalized spacial score (nSPS) is 10.8. The lowest BCUT2D eigenvalue weighted by Crippen LogP contribution is -1.91. The summed E-state index contributed by atoms with van der Waals surface area (Å²) in [6, 6.07) is 22.0. The molecule has 0 aliphatic heterocycles. The lowest BCUT2D eigenvalue weighted by Gasteiger charge is -2.12. The standard InChI is InChI=1S/C22H20FI/c1-2-4-16-7-13-19(14-8-16)22-20(5-3-6-21(22)23)18-11-9-17(15-24)10-12-18/h3,5-14H,2,4,15H2,1H3. The molecule has 0 fully saturated rings. The molecule has 3 rings (SSSR count). The summed E-state index contributed by atoms with van der Waals surface area (Å²) in [7, 11) is 0. The number of rotatable bonds is 5. The highest BCUT2D eigenvalue weighted by molar-refractivity contribution is 14.1. The molecule has 0 saturated heterocycles. The van der Waals surface area contributed by atoms with Gasteiger partial charge < -0.3 is 0 Å². The van der Waals surface area contributed by atoms with Gasteiger partial charge in [0.05, 0.1) is 0 Å². The predicted molar refractivity (Wildman–Crippen MR) is 109 cm³/mol. The molecule has 0 saturated carbocycles. The van der Waals surface area contributed by atoms with Crippen LogP contribution in [-0.4, -0.2) is 0 Å². The van der Waals surface area contributed by atoms with E-state index in [0.717, 1.165) is 34.0 Å². The minimum absolute atomic E-state index is 0.172. The molecule has 24 heavy (non-hydrogen) atoms. The monoisotopic (exact) mass is 430 g/mol. The van der Waals surface area contributed by atoms with Crippen LogP contribution in [0.5, 0.6) is 0 Å². The third-order valence-corrected chi connectivity index (χ3v) is 5.09. The van der Waals surface area contributed by atoms with E-state index in [4.69, 9.17) is 0 Å². The Morgan fingerprint density at radius 3 is 2.04 bits per heavy atom. The van der Waals surface area contributed by atoms with Gasteiger partial charge in [-0.3, -0.25) is 0 Å². The molecular weight excluding hydrogens is 410 g/mol. The molecular formula is C22H20FI. The molecule has 3 aromatic rings. The van der Waals surface area contributed by atoms with Gasteiger partial charge in [0, 0.05) is 9.99 Å².